The summed E-state index contributed by atoms with van der Waals surface area (Å²) in [6, 6.07) is 8.95. The second-order valence-corrected chi connectivity index (χ2v) is 2.85. The molecule has 0 bridgehead atoms. The third-order valence-electron chi connectivity index (χ3n) is 1.94. The molecule has 2 aromatic rings. The Kier molecular flexibility index (Phi) is 1.78. The molecule has 0 saturated carbocycles. The van der Waals surface area contributed by atoms with Crippen LogP contribution in [0.25, 0.3) is 5.69 Å². The van der Waals surface area contributed by atoms with Gasteiger partial charge in [0.25, 0.3) is 0 Å². The first-order chi connectivity index (χ1) is 6.70. The van der Waals surface area contributed by atoms with Crippen LogP contribution in [0.2, 0.25) is 0 Å². The van der Waals surface area contributed by atoms with Gasteiger partial charge in [-0.05, 0) is 12.1 Å². The third kappa shape index (κ3) is 1.15. The van der Waals surface area contributed by atoms with Crippen molar-refractivity contribution in [2.75, 3.05) is 11.5 Å². The van der Waals surface area contributed by atoms with E-state index in [1.165, 1.54) is 4.57 Å². The number of benzene rings is 1. The molecule has 0 atom stereocenters. The maximum Gasteiger partial charge on any atom is 0.302 e. The first kappa shape index (κ1) is 8.43. The molecule has 0 fully saturated rings. The largest absolute Gasteiger partial charge is 0.480 e. The van der Waals surface area contributed by atoms with Crippen molar-refractivity contribution in [2.24, 2.45) is 0 Å². The minimum absolute atomic E-state index is 0.131. The van der Waals surface area contributed by atoms with Crippen molar-refractivity contribution in [3.8, 4) is 11.7 Å². The van der Waals surface area contributed by atoms with E-state index in [0.29, 0.717) is 0 Å². The van der Waals surface area contributed by atoms with Crippen LogP contribution in [0.4, 0.5) is 11.6 Å². The van der Waals surface area contributed by atoms with Crippen molar-refractivity contribution >= 4 is 11.6 Å². The normalized spacial score (nSPS) is 10.3. The number of aromatic nitrogens is 2. The molecule has 1 aromatic heterocycles. The van der Waals surface area contributed by atoms with Crippen molar-refractivity contribution in [1.29, 1.82) is 0 Å². The first-order valence-electron chi connectivity index (χ1n) is 4.08. The van der Waals surface area contributed by atoms with Crippen LogP contribution in [-0.4, -0.2) is 14.7 Å². The predicted molar refractivity (Wildman–Crippen MR) is 54.1 cm³/mol. The molecular weight excluding hydrogens is 180 g/mol. The van der Waals surface area contributed by atoms with Crippen LogP contribution in [0.3, 0.4) is 0 Å². The fourth-order valence-corrected chi connectivity index (χ4v) is 1.27. The molecule has 5 N–H and O–H groups in total. The van der Waals surface area contributed by atoms with E-state index in [4.69, 9.17) is 11.5 Å². The lowest BCUT2D eigenvalue weighted by Crippen LogP contribution is -2.00. The number of nitrogens with zero attached hydrogens (tertiary/aromatic N) is 2. The Bertz CT molecular complexity index is 449. The standard InChI is InChI=1S/C9H10N4O/c10-7-8(11)13(9(14)12-7)6-4-2-1-3-5-6/h1-5H,10-11H2,(H,12,14). The molecule has 1 heterocycles. The van der Waals surface area contributed by atoms with Gasteiger partial charge in [-0.15, -0.1) is 0 Å². The summed E-state index contributed by atoms with van der Waals surface area (Å²) in [6.07, 6.45) is 0. The van der Waals surface area contributed by atoms with Crippen LogP contribution >= 0.6 is 0 Å². The zero-order valence-corrected chi connectivity index (χ0v) is 7.38. The minimum atomic E-state index is -0.203. The second-order valence-electron chi connectivity index (χ2n) is 2.85. The van der Waals surface area contributed by atoms with E-state index in [-0.39, 0.29) is 17.6 Å². The lowest BCUT2D eigenvalue weighted by molar-refractivity contribution is 0.424. The Balaban J connectivity index is 2.62. The zero-order valence-electron chi connectivity index (χ0n) is 7.38. The van der Waals surface area contributed by atoms with E-state index >= 15 is 0 Å². The molecule has 2 rings (SSSR count). The van der Waals surface area contributed by atoms with Gasteiger partial charge in [-0.2, -0.15) is 4.98 Å². The number of para-hydroxylation sites is 1. The van der Waals surface area contributed by atoms with Crippen LogP contribution in [0.1, 0.15) is 0 Å². The van der Waals surface area contributed by atoms with E-state index < -0.39 is 0 Å². The molecule has 5 heteroatoms. The SMILES string of the molecule is Nc1nc(O)n(-c2ccccc2)c1N. The summed E-state index contributed by atoms with van der Waals surface area (Å²) in [5, 5.41) is 9.46. The summed E-state index contributed by atoms with van der Waals surface area (Å²) in [6.45, 7) is 0. The van der Waals surface area contributed by atoms with Gasteiger partial charge in [0.2, 0.25) is 0 Å². The minimum Gasteiger partial charge on any atom is -0.480 e. The highest BCUT2D eigenvalue weighted by molar-refractivity contribution is 5.60. The maximum atomic E-state index is 9.46. The van der Waals surface area contributed by atoms with Gasteiger partial charge in [0.05, 0.1) is 5.69 Å². The molecule has 14 heavy (non-hydrogen) atoms. The van der Waals surface area contributed by atoms with E-state index in [0.717, 1.165) is 5.69 Å². The Morgan fingerprint density at radius 3 is 2.29 bits per heavy atom. The van der Waals surface area contributed by atoms with Gasteiger partial charge < -0.3 is 16.6 Å². The molecule has 0 spiro atoms. The van der Waals surface area contributed by atoms with Gasteiger partial charge in [0.15, 0.2) is 11.6 Å². The monoisotopic (exact) mass is 190 g/mol. The summed E-state index contributed by atoms with van der Waals surface area (Å²) in [5.74, 6) is 0.375. The van der Waals surface area contributed by atoms with Crippen LogP contribution in [0.15, 0.2) is 30.3 Å². The van der Waals surface area contributed by atoms with Crippen molar-refractivity contribution < 1.29 is 5.11 Å². The molecule has 0 saturated heterocycles. The van der Waals surface area contributed by atoms with Crippen molar-refractivity contribution in [1.82, 2.24) is 9.55 Å². The summed E-state index contributed by atoms with van der Waals surface area (Å²) in [7, 11) is 0. The topological polar surface area (TPSA) is 90.1 Å². The number of nitrogen functional groups attached to an aromatic ring is 2. The number of anilines is 2. The van der Waals surface area contributed by atoms with Gasteiger partial charge >= 0.3 is 6.01 Å². The molecule has 0 aliphatic rings. The third-order valence-corrected chi connectivity index (χ3v) is 1.94. The fraction of sp³-hybridized carbons (Fsp3) is 0. The van der Waals surface area contributed by atoms with Gasteiger partial charge in [0, 0.05) is 0 Å². The molecule has 0 aliphatic heterocycles. The molecule has 72 valence electrons. The van der Waals surface area contributed by atoms with Crippen molar-refractivity contribution in [2.45, 2.75) is 0 Å². The summed E-state index contributed by atoms with van der Waals surface area (Å²) in [5.41, 5.74) is 11.8. The fourth-order valence-electron chi connectivity index (χ4n) is 1.27. The number of aromatic hydroxyl groups is 1. The average Bonchev–Trinajstić information content (AvgIpc) is 2.43. The highest BCUT2D eigenvalue weighted by Gasteiger charge is 2.12. The van der Waals surface area contributed by atoms with Crippen LogP contribution in [0.5, 0.6) is 6.01 Å². The number of nitrogens with two attached hydrogens (primary N) is 2. The van der Waals surface area contributed by atoms with Crippen LogP contribution < -0.4 is 11.5 Å². The van der Waals surface area contributed by atoms with Gasteiger partial charge in [0.1, 0.15) is 0 Å². The average molecular weight is 190 g/mol. The summed E-state index contributed by atoms with van der Waals surface area (Å²) in [4.78, 5) is 3.66. The molecule has 0 aliphatic carbocycles. The first-order valence-corrected chi connectivity index (χ1v) is 4.08. The second kappa shape index (κ2) is 2.95. The van der Waals surface area contributed by atoms with Gasteiger partial charge in [-0.25, -0.2) is 4.57 Å². The molecule has 0 amide bonds. The Morgan fingerprint density at radius 2 is 1.79 bits per heavy atom. The maximum absolute atomic E-state index is 9.46. The predicted octanol–water partition coefficient (Wildman–Crippen LogP) is 0.742. The zero-order chi connectivity index (χ0) is 10.1. The van der Waals surface area contributed by atoms with E-state index in [1.54, 1.807) is 12.1 Å². The summed E-state index contributed by atoms with van der Waals surface area (Å²) >= 11 is 0. The van der Waals surface area contributed by atoms with Crippen molar-refractivity contribution in [3.05, 3.63) is 30.3 Å². The van der Waals surface area contributed by atoms with Crippen LogP contribution in [0, 0.1) is 0 Å². The smallest absolute Gasteiger partial charge is 0.302 e. The number of imidazole rings is 1. The lowest BCUT2D eigenvalue weighted by atomic mass is 10.3. The molecule has 0 unspecified atom stereocenters. The lowest BCUT2D eigenvalue weighted by Gasteiger charge is -2.04. The highest BCUT2D eigenvalue weighted by atomic mass is 16.3. The Morgan fingerprint density at radius 1 is 1.14 bits per heavy atom. The number of hydrogen-bond acceptors (Lipinski definition) is 4. The van der Waals surface area contributed by atoms with Crippen LogP contribution in [-0.2, 0) is 0 Å². The van der Waals surface area contributed by atoms with E-state index in [9.17, 15) is 5.11 Å². The quantitative estimate of drug-likeness (QED) is 0.618. The number of rotatable bonds is 1. The van der Waals surface area contributed by atoms with Gasteiger partial charge in [-0.3, -0.25) is 0 Å². The van der Waals surface area contributed by atoms with Gasteiger partial charge in [-0.1, -0.05) is 18.2 Å². The van der Waals surface area contributed by atoms with Crippen molar-refractivity contribution in [3.63, 3.8) is 0 Å². The van der Waals surface area contributed by atoms with E-state index in [2.05, 4.69) is 4.98 Å². The summed E-state index contributed by atoms with van der Waals surface area (Å²) < 4.78 is 1.38. The Labute approximate surface area is 80.6 Å². The van der Waals surface area contributed by atoms with E-state index in [1.807, 2.05) is 18.2 Å². The molecule has 1 aromatic carbocycles. The molecule has 0 radical (unpaired) electrons. The highest BCUT2D eigenvalue weighted by Crippen LogP contribution is 2.25. The Hall–Kier alpha value is -2.17. The number of hydrogen-bond donors (Lipinski definition) is 3. The molecule has 5 nitrogen and oxygen atoms in total. The molecular formula is C9H10N4O.